The molecule has 0 fully saturated rings. The van der Waals surface area contributed by atoms with Crippen molar-refractivity contribution in [3.63, 3.8) is 0 Å². The second-order valence-corrected chi connectivity index (χ2v) is 7.45. The van der Waals surface area contributed by atoms with E-state index in [1.165, 1.54) is 25.3 Å². The summed E-state index contributed by atoms with van der Waals surface area (Å²) in [6, 6.07) is 3.91. The Balaban J connectivity index is 3.22. The number of rotatable bonds is 5. The molecule has 0 heterocycles. The van der Waals surface area contributed by atoms with Crippen LogP contribution in [0.15, 0.2) is 27.6 Å². The molecule has 0 radical (unpaired) electrons. The summed E-state index contributed by atoms with van der Waals surface area (Å²) in [6.07, 6.45) is 0. The summed E-state index contributed by atoms with van der Waals surface area (Å²) in [6.45, 7) is 3.04. The molecule has 0 bridgehead atoms. The third-order valence-corrected chi connectivity index (χ3v) is 5.82. The SMILES string of the molecule is COC(=O)CN(C(C)C)S(=O)(=O)c1ccc(Cl)c(Br)c1. The number of esters is 1. The van der Waals surface area contributed by atoms with E-state index in [0.29, 0.717) is 9.50 Å². The van der Waals surface area contributed by atoms with Gasteiger partial charge in [-0.1, -0.05) is 11.6 Å². The number of carbonyl (C=O) groups excluding carboxylic acids is 1. The number of hydrogen-bond donors (Lipinski definition) is 0. The molecular weight excluding hydrogens is 370 g/mol. The fraction of sp³-hybridized carbons (Fsp3) is 0.417. The summed E-state index contributed by atoms with van der Waals surface area (Å²) >= 11 is 9.03. The van der Waals surface area contributed by atoms with Gasteiger partial charge in [-0.3, -0.25) is 4.79 Å². The molecule has 0 amide bonds. The van der Waals surface area contributed by atoms with Gasteiger partial charge in [-0.05, 0) is 48.0 Å². The predicted molar refractivity (Wildman–Crippen MR) is 80.2 cm³/mol. The normalized spacial score (nSPS) is 11.9. The summed E-state index contributed by atoms with van der Waals surface area (Å²) in [5.41, 5.74) is 0. The van der Waals surface area contributed by atoms with Gasteiger partial charge < -0.3 is 4.74 Å². The molecule has 0 aliphatic carbocycles. The maximum Gasteiger partial charge on any atom is 0.321 e. The average molecular weight is 385 g/mol. The monoisotopic (exact) mass is 383 g/mol. The first kappa shape index (κ1) is 17.4. The van der Waals surface area contributed by atoms with Crippen LogP contribution in [0.3, 0.4) is 0 Å². The molecule has 0 aliphatic heterocycles. The lowest BCUT2D eigenvalue weighted by Crippen LogP contribution is -2.41. The Hall–Kier alpha value is -0.630. The smallest absolute Gasteiger partial charge is 0.321 e. The first-order valence-electron chi connectivity index (χ1n) is 5.74. The molecule has 0 N–H and O–H groups in total. The minimum atomic E-state index is -3.80. The lowest BCUT2D eigenvalue weighted by Gasteiger charge is -2.24. The first-order chi connectivity index (χ1) is 9.20. The highest BCUT2D eigenvalue weighted by molar-refractivity contribution is 9.10. The molecule has 0 saturated carbocycles. The summed E-state index contributed by atoms with van der Waals surface area (Å²) < 4.78 is 31.2. The summed E-state index contributed by atoms with van der Waals surface area (Å²) in [5, 5.41) is 0.410. The van der Waals surface area contributed by atoms with Gasteiger partial charge in [-0.15, -0.1) is 0 Å². The molecule has 0 spiro atoms. The van der Waals surface area contributed by atoms with Gasteiger partial charge in [-0.2, -0.15) is 4.31 Å². The number of halogens is 2. The molecule has 1 aromatic rings. The largest absolute Gasteiger partial charge is 0.468 e. The van der Waals surface area contributed by atoms with Crippen molar-refractivity contribution in [3.8, 4) is 0 Å². The quantitative estimate of drug-likeness (QED) is 0.732. The maximum absolute atomic E-state index is 12.5. The van der Waals surface area contributed by atoms with Crippen molar-refractivity contribution in [2.75, 3.05) is 13.7 Å². The molecule has 112 valence electrons. The van der Waals surface area contributed by atoms with E-state index in [1.54, 1.807) is 13.8 Å². The fourth-order valence-electron chi connectivity index (χ4n) is 1.51. The maximum atomic E-state index is 12.5. The molecule has 1 aromatic carbocycles. The second kappa shape index (κ2) is 6.89. The number of ether oxygens (including phenoxy) is 1. The van der Waals surface area contributed by atoms with Crippen LogP contribution >= 0.6 is 27.5 Å². The van der Waals surface area contributed by atoms with Crippen molar-refractivity contribution in [1.29, 1.82) is 0 Å². The first-order valence-corrected chi connectivity index (χ1v) is 8.35. The molecular formula is C12H15BrClNO4S. The van der Waals surface area contributed by atoms with Crippen LogP contribution in [-0.2, 0) is 19.6 Å². The van der Waals surface area contributed by atoms with Crippen molar-refractivity contribution in [2.45, 2.75) is 24.8 Å². The van der Waals surface area contributed by atoms with Gasteiger partial charge in [0.15, 0.2) is 0 Å². The number of methoxy groups -OCH3 is 1. The molecule has 0 aliphatic rings. The molecule has 8 heteroatoms. The highest BCUT2D eigenvalue weighted by Gasteiger charge is 2.29. The Bertz CT molecular complexity index is 603. The Morgan fingerprint density at radius 2 is 2.05 bits per heavy atom. The number of carbonyl (C=O) groups is 1. The fourth-order valence-corrected chi connectivity index (χ4v) is 3.77. The van der Waals surface area contributed by atoms with Crippen LogP contribution in [0.5, 0.6) is 0 Å². The van der Waals surface area contributed by atoms with E-state index in [4.69, 9.17) is 11.6 Å². The third-order valence-electron chi connectivity index (χ3n) is 2.59. The zero-order chi connectivity index (χ0) is 15.5. The van der Waals surface area contributed by atoms with Crippen molar-refractivity contribution >= 4 is 43.5 Å². The molecule has 0 saturated heterocycles. The van der Waals surface area contributed by atoms with Gasteiger partial charge in [0.25, 0.3) is 0 Å². The minimum Gasteiger partial charge on any atom is -0.468 e. The standard InChI is InChI=1S/C12H15BrClNO4S/c1-8(2)15(7-12(16)19-3)20(17,18)9-4-5-11(14)10(13)6-9/h4-6,8H,7H2,1-3H3. The van der Waals surface area contributed by atoms with Gasteiger partial charge in [0.2, 0.25) is 10.0 Å². The topological polar surface area (TPSA) is 63.7 Å². The van der Waals surface area contributed by atoms with Crippen LogP contribution < -0.4 is 0 Å². The number of nitrogens with zero attached hydrogens (tertiary/aromatic N) is 1. The van der Waals surface area contributed by atoms with E-state index >= 15 is 0 Å². The zero-order valence-corrected chi connectivity index (χ0v) is 14.4. The second-order valence-electron chi connectivity index (χ2n) is 4.30. The average Bonchev–Trinajstić information content (AvgIpc) is 2.37. The third kappa shape index (κ3) is 3.94. The van der Waals surface area contributed by atoms with E-state index < -0.39 is 16.0 Å². The van der Waals surface area contributed by atoms with Gasteiger partial charge in [-0.25, -0.2) is 8.42 Å². The summed E-state index contributed by atoms with van der Waals surface area (Å²) in [4.78, 5) is 11.4. The van der Waals surface area contributed by atoms with Crippen molar-refractivity contribution in [2.24, 2.45) is 0 Å². The van der Waals surface area contributed by atoms with Crippen LogP contribution in [0.1, 0.15) is 13.8 Å². The minimum absolute atomic E-state index is 0.0615. The van der Waals surface area contributed by atoms with Gasteiger partial charge >= 0.3 is 5.97 Å². The molecule has 20 heavy (non-hydrogen) atoms. The highest BCUT2D eigenvalue weighted by Crippen LogP contribution is 2.27. The summed E-state index contributed by atoms with van der Waals surface area (Å²) in [7, 11) is -2.59. The van der Waals surface area contributed by atoms with E-state index in [1.807, 2.05) is 0 Å². The zero-order valence-electron chi connectivity index (χ0n) is 11.3. The van der Waals surface area contributed by atoms with Crippen LogP contribution in [0.4, 0.5) is 0 Å². The van der Waals surface area contributed by atoms with Gasteiger partial charge in [0.1, 0.15) is 6.54 Å². The Kier molecular flexibility index (Phi) is 6.00. The van der Waals surface area contributed by atoms with E-state index in [-0.39, 0.29) is 17.5 Å². The van der Waals surface area contributed by atoms with Crippen molar-refractivity contribution < 1.29 is 17.9 Å². The van der Waals surface area contributed by atoms with Crippen molar-refractivity contribution in [1.82, 2.24) is 4.31 Å². The number of sulfonamides is 1. The van der Waals surface area contributed by atoms with Crippen LogP contribution in [0.25, 0.3) is 0 Å². The van der Waals surface area contributed by atoms with Gasteiger partial charge in [0.05, 0.1) is 17.0 Å². The molecule has 1 rings (SSSR count). The molecule has 0 atom stereocenters. The Morgan fingerprint density at radius 3 is 2.50 bits per heavy atom. The lowest BCUT2D eigenvalue weighted by molar-refractivity contribution is -0.141. The van der Waals surface area contributed by atoms with E-state index in [2.05, 4.69) is 20.7 Å². The summed E-state index contributed by atoms with van der Waals surface area (Å²) in [5.74, 6) is -0.615. The van der Waals surface area contributed by atoms with Crippen LogP contribution in [0, 0.1) is 0 Å². The Labute approximate surface area is 132 Å². The van der Waals surface area contributed by atoms with E-state index in [9.17, 15) is 13.2 Å². The Morgan fingerprint density at radius 1 is 1.45 bits per heavy atom. The number of hydrogen-bond acceptors (Lipinski definition) is 4. The molecule has 0 aromatic heterocycles. The van der Waals surface area contributed by atoms with Crippen LogP contribution in [0.2, 0.25) is 5.02 Å². The number of benzene rings is 1. The van der Waals surface area contributed by atoms with E-state index in [0.717, 1.165) is 4.31 Å². The molecule has 5 nitrogen and oxygen atoms in total. The predicted octanol–water partition coefficient (Wildman–Crippen LogP) is 2.67. The van der Waals surface area contributed by atoms with Crippen molar-refractivity contribution in [3.05, 3.63) is 27.7 Å². The van der Waals surface area contributed by atoms with Gasteiger partial charge in [0, 0.05) is 10.5 Å². The van der Waals surface area contributed by atoms with Crippen LogP contribution in [-0.4, -0.2) is 38.4 Å². The highest BCUT2D eigenvalue weighted by atomic mass is 79.9. The lowest BCUT2D eigenvalue weighted by atomic mass is 10.4. The molecule has 0 unspecified atom stereocenters.